The zero-order valence-corrected chi connectivity index (χ0v) is 16.9. The van der Waals surface area contributed by atoms with Gasteiger partial charge in [-0.3, -0.25) is 14.2 Å². The molecule has 0 aliphatic carbocycles. The van der Waals surface area contributed by atoms with E-state index in [1.165, 1.54) is 10.9 Å². The fourth-order valence-corrected chi connectivity index (χ4v) is 4.28. The second kappa shape index (κ2) is 7.77. The van der Waals surface area contributed by atoms with Crippen LogP contribution in [-0.4, -0.2) is 51.5 Å². The Hall–Kier alpha value is -2.26. The van der Waals surface area contributed by atoms with Crippen molar-refractivity contribution in [3.63, 3.8) is 0 Å². The minimum absolute atomic E-state index is 0.00549. The molecule has 1 aromatic carbocycles. The molecule has 0 atom stereocenters. The van der Waals surface area contributed by atoms with E-state index in [9.17, 15) is 9.59 Å². The van der Waals surface area contributed by atoms with E-state index in [4.69, 9.17) is 0 Å². The maximum absolute atomic E-state index is 12.8. The highest BCUT2D eigenvalue weighted by Gasteiger charge is 2.21. The minimum atomic E-state index is -0.200. The normalized spacial score (nSPS) is 15.1. The lowest BCUT2D eigenvalue weighted by atomic mass is 10.2. The molecule has 3 heterocycles. The molecule has 1 aliphatic rings. The number of benzene rings is 1. The van der Waals surface area contributed by atoms with Crippen LogP contribution < -0.4 is 10.5 Å². The number of thiazole rings is 1. The van der Waals surface area contributed by atoms with Crippen LogP contribution in [0.15, 0.2) is 45.4 Å². The quantitative estimate of drug-likeness (QED) is 0.616. The SMILES string of the molecule is O=C(Cn1cnc2ccc(Br)cc2c1=O)N1CCCN(c2nccs2)CC1. The number of aromatic nitrogens is 3. The van der Waals surface area contributed by atoms with E-state index in [1.54, 1.807) is 29.7 Å². The first kappa shape index (κ1) is 18.1. The highest BCUT2D eigenvalue weighted by atomic mass is 79.9. The molecule has 0 bridgehead atoms. The molecule has 1 amide bonds. The van der Waals surface area contributed by atoms with Gasteiger partial charge in [0.2, 0.25) is 5.91 Å². The van der Waals surface area contributed by atoms with Crippen LogP contribution in [0, 0.1) is 0 Å². The zero-order valence-electron chi connectivity index (χ0n) is 14.5. The van der Waals surface area contributed by atoms with Gasteiger partial charge in [0.25, 0.3) is 5.56 Å². The van der Waals surface area contributed by atoms with Gasteiger partial charge in [-0.15, -0.1) is 11.3 Å². The number of carbonyl (C=O) groups excluding carboxylic acids is 1. The fraction of sp³-hybridized carbons (Fsp3) is 0.333. The van der Waals surface area contributed by atoms with Gasteiger partial charge in [-0.1, -0.05) is 15.9 Å². The van der Waals surface area contributed by atoms with E-state index in [2.05, 4.69) is 30.8 Å². The van der Waals surface area contributed by atoms with Crippen LogP contribution in [0.25, 0.3) is 10.9 Å². The van der Waals surface area contributed by atoms with Gasteiger partial charge in [-0.05, 0) is 24.6 Å². The van der Waals surface area contributed by atoms with Crippen LogP contribution in [0.3, 0.4) is 0 Å². The topological polar surface area (TPSA) is 71.3 Å². The lowest BCUT2D eigenvalue weighted by Crippen LogP contribution is -2.39. The van der Waals surface area contributed by atoms with Crippen molar-refractivity contribution < 1.29 is 4.79 Å². The molecule has 7 nitrogen and oxygen atoms in total. The third-order valence-corrected chi connectivity index (χ3v) is 5.96. The molecule has 2 aromatic heterocycles. The van der Waals surface area contributed by atoms with Crippen LogP contribution >= 0.6 is 27.3 Å². The van der Waals surface area contributed by atoms with Crippen molar-refractivity contribution in [3.8, 4) is 0 Å². The summed E-state index contributed by atoms with van der Waals surface area (Å²) in [6.07, 6.45) is 4.13. The largest absolute Gasteiger partial charge is 0.346 e. The highest BCUT2D eigenvalue weighted by Crippen LogP contribution is 2.19. The Balaban J connectivity index is 1.48. The third kappa shape index (κ3) is 3.89. The standard InChI is InChI=1S/C18H18BrN5O2S/c19-13-2-3-15-14(10-13)17(26)24(12-21-15)11-16(25)22-5-1-6-23(8-7-22)18-20-4-9-27-18/h2-4,9-10,12H,1,5-8,11H2. The maximum atomic E-state index is 12.8. The molecule has 0 unspecified atom stereocenters. The Morgan fingerprint density at radius 2 is 2.07 bits per heavy atom. The molecule has 3 aromatic rings. The van der Waals surface area contributed by atoms with Gasteiger partial charge >= 0.3 is 0 Å². The van der Waals surface area contributed by atoms with Crippen molar-refractivity contribution in [2.45, 2.75) is 13.0 Å². The Morgan fingerprint density at radius 1 is 1.19 bits per heavy atom. The van der Waals surface area contributed by atoms with E-state index in [1.807, 2.05) is 16.3 Å². The number of rotatable bonds is 3. The third-order valence-electron chi connectivity index (χ3n) is 4.63. The smallest absolute Gasteiger partial charge is 0.261 e. The van der Waals surface area contributed by atoms with E-state index >= 15 is 0 Å². The first-order chi connectivity index (χ1) is 13.1. The molecule has 0 radical (unpaired) electrons. The Labute approximate surface area is 168 Å². The summed E-state index contributed by atoms with van der Waals surface area (Å²) in [7, 11) is 0. The van der Waals surface area contributed by atoms with Gasteiger partial charge in [-0.25, -0.2) is 9.97 Å². The molecule has 0 spiro atoms. The van der Waals surface area contributed by atoms with Crippen molar-refractivity contribution >= 4 is 49.2 Å². The van der Waals surface area contributed by atoms with E-state index in [0.717, 1.165) is 29.1 Å². The number of carbonyl (C=O) groups is 1. The van der Waals surface area contributed by atoms with Crippen LogP contribution in [-0.2, 0) is 11.3 Å². The molecule has 1 saturated heterocycles. The Bertz CT molecular complexity index is 1020. The zero-order chi connectivity index (χ0) is 18.8. The second-order valence-corrected chi connectivity index (χ2v) is 8.16. The van der Waals surface area contributed by atoms with Crippen LogP contribution in [0.4, 0.5) is 5.13 Å². The summed E-state index contributed by atoms with van der Waals surface area (Å²) in [5.41, 5.74) is 0.426. The molecule has 27 heavy (non-hydrogen) atoms. The van der Waals surface area contributed by atoms with E-state index < -0.39 is 0 Å². The molecule has 4 rings (SSSR count). The second-order valence-electron chi connectivity index (χ2n) is 6.38. The lowest BCUT2D eigenvalue weighted by Gasteiger charge is -2.22. The number of nitrogens with zero attached hydrogens (tertiary/aromatic N) is 5. The van der Waals surface area contributed by atoms with Gasteiger partial charge in [0.15, 0.2) is 5.13 Å². The number of hydrogen-bond acceptors (Lipinski definition) is 6. The van der Waals surface area contributed by atoms with Crippen molar-refractivity contribution in [1.29, 1.82) is 0 Å². The van der Waals surface area contributed by atoms with Crippen LogP contribution in [0.2, 0.25) is 0 Å². The number of hydrogen-bond donors (Lipinski definition) is 0. The number of amides is 1. The van der Waals surface area contributed by atoms with Gasteiger partial charge in [0, 0.05) is 42.2 Å². The van der Waals surface area contributed by atoms with Gasteiger partial charge in [0.1, 0.15) is 6.54 Å². The first-order valence-electron chi connectivity index (χ1n) is 8.69. The summed E-state index contributed by atoms with van der Waals surface area (Å²) in [4.78, 5) is 38.1. The van der Waals surface area contributed by atoms with Crippen molar-refractivity contribution in [1.82, 2.24) is 19.4 Å². The summed E-state index contributed by atoms with van der Waals surface area (Å²) < 4.78 is 2.20. The predicted molar refractivity (Wildman–Crippen MR) is 109 cm³/mol. The number of fused-ring (bicyclic) bond motifs is 1. The molecule has 9 heteroatoms. The molecular formula is C18H18BrN5O2S. The summed E-state index contributed by atoms with van der Waals surface area (Å²) in [5, 5.41) is 3.45. The Morgan fingerprint density at radius 3 is 2.89 bits per heavy atom. The maximum Gasteiger partial charge on any atom is 0.261 e. The lowest BCUT2D eigenvalue weighted by molar-refractivity contribution is -0.131. The molecule has 0 saturated carbocycles. The summed E-state index contributed by atoms with van der Waals surface area (Å²) in [6, 6.07) is 5.37. The monoisotopic (exact) mass is 447 g/mol. The minimum Gasteiger partial charge on any atom is -0.346 e. The summed E-state index contributed by atoms with van der Waals surface area (Å²) in [5.74, 6) is -0.0609. The molecule has 1 fully saturated rings. The predicted octanol–water partition coefficient (Wildman–Crippen LogP) is 2.35. The van der Waals surface area contributed by atoms with E-state index in [0.29, 0.717) is 24.0 Å². The first-order valence-corrected chi connectivity index (χ1v) is 10.4. The molecule has 0 N–H and O–H groups in total. The van der Waals surface area contributed by atoms with Gasteiger partial charge < -0.3 is 9.80 Å². The number of anilines is 1. The van der Waals surface area contributed by atoms with Crippen molar-refractivity contribution in [2.24, 2.45) is 0 Å². The summed E-state index contributed by atoms with van der Waals surface area (Å²) in [6.45, 7) is 2.94. The summed E-state index contributed by atoms with van der Waals surface area (Å²) >= 11 is 4.98. The van der Waals surface area contributed by atoms with Gasteiger partial charge in [0.05, 0.1) is 17.2 Å². The highest BCUT2D eigenvalue weighted by molar-refractivity contribution is 9.10. The van der Waals surface area contributed by atoms with Crippen molar-refractivity contribution in [2.75, 3.05) is 31.1 Å². The van der Waals surface area contributed by atoms with Crippen molar-refractivity contribution in [3.05, 3.63) is 50.9 Å². The Kier molecular flexibility index (Phi) is 5.22. The number of halogens is 1. The van der Waals surface area contributed by atoms with Gasteiger partial charge in [-0.2, -0.15) is 0 Å². The molecular weight excluding hydrogens is 430 g/mol. The van der Waals surface area contributed by atoms with Crippen LogP contribution in [0.1, 0.15) is 6.42 Å². The molecule has 140 valence electrons. The van der Waals surface area contributed by atoms with E-state index in [-0.39, 0.29) is 18.0 Å². The average molecular weight is 448 g/mol. The average Bonchev–Trinajstić information content (AvgIpc) is 3.09. The fourth-order valence-electron chi connectivity index (χ4n) is 3.22. The van der Waals surface area contributed by atoms with Crippen LogP contribution in [0.5, 0.6) is 0 Å². The molecule has 1 aliphatic heterocycles.